The Morgan fingerprint density at radius 3 is 2.58 bits per heavy atom. The molecule has 0 amide bonds. The van der Waals surface area contributed by atoms with Crippen LogP contribution in [0.2, 0.25) is 10.2 Å². The lowest BCUT2D eigenvalue weighted by Gasteiger charge is -2.11. The largest absolute Gasteiger partial charge is 0.439 e. The summed E-state index contributed by atoms with van der Waals surface area (Å²) in [5.41, 5.74) is 1.94. The van der Waals surface area contributed by atoms with Crippen molar-refractivity contribution in [2.24, 2.45) is 12.0 Å². The van der Waals surface area contributed by atoms with Crippen LogP contribution in [0.5, 0.6) is 0 Å². The average molecular weight is 392 g/mol. The van der Waals surface area contributed by atoms with Crippen LogP contribution in [0.4, 0.5) is 0 Å². The van der Waals surface area contributed by atoms with Crippen molar-refractivity contribution in [3.05, 3.63) is 64.4 Å². The number of nitrogens with one attached hydrogen (secondary N) is 2. The van der Waals surface area contributed by atoms with Gasteiger partial charge in [0.2, 0.25) is 5.89 Å². The predicted molar refractivity (Wildman–Crippen MR) is 104 cm³/mol. The molecule has 26 heavy (non-hydrogen) atoms. The number of aromatic nitrogens is 2. The second-order valence-electron chi connectivity index (χ2n) is 5.60. The third-order valence-corrected chi connectivity index (χ3v) is 4.74. The van der Waals surface area contributed by atoms with Gasteiger partial charge >= 0.3 is 0 Å². The molecule has 6 nitrogen and oxygen atoms in total. The van der Waals surface area contributed by atoms with Gasteiger partial charge < -0.3 is 19.6 Å². The molecule has 1 aromatic carbocycles. The molecule has 0 spiro atoms. The molecule has 2 aromatic heterocycles. The maximum absolute atomic E-state index is 6.08. The van der Waals surface area contributed by atoms with Crippen LogP contribution in [0, 0.1) is 0 Å². The van der Waals surface area contributed by atoms with Gasteiger partial charge in [-0.3, -0.25) is 4.99 Å². The molecule has 8 heteroatoms. The molecule has 0 saturated carbocycles. The third kappa shape index (κ3) is 4.20. The fraction of sp³-hybridized carbons (Fsp3) is 0.222. The molecule has 136 valence electrons. The van der Waals surface area contributed by atoms with E-state index in [1.807, 2.05) is 48.0 Å². The molecule has 2 N–H and O–H groups in total. The number of hydrogen-bond donors (Lipinski definition) is 2. The second-order valence-corrected chi connectivity index (χ2v) is 6.36. The van der Waals surface area contributed by atoms with E-state index in [0.717, 1.165) is 17.0 Å². The lowest BCUT2D eigenvalue weighted by Crippen LogP contribution is -2.36. The first kappa shape index (κ1) is 18.4. The molecule has 0 saturated heterocycles. The van der Waals surface area contributed by atoms with Crippen LogP contribution in [-0.2, 0) is 20.1 Å². The summed E-state index contributed by atoms with van der Waals surface area (Å²) in [6.07, 6.45) is 1.72. The number of rotatable bonds is 5. The van der Waals surface area contributed by atoms with Crippen molar-refractivity contribution >= 4 is 29.2 Å². The second kappa shape index (κ2) is 8.29. The minimum absolute atomic E-state index is 0.418. The zero-order chi connectivity index (χ0) is 18.5. The summed E-state index contributed by atoms with van der Waals surface area (Å²) in [5.74, 6) is 1.94. The first-order valence-electron chi connectivity index (χ1n) is 8.02. The molecule has 0 aliphatic rings. The molecular formula is C18H19Cl2N5O. The van der Waals surface area contributed by atoms with Gasteiger partial charge in [0.05, 0.1) is 24.3 Å². The number of benzene rings is 1. The number of nitrogens with zero attached hydrogens (tertiary/aromatic N) is 3. The molecule has 0 bridgehead atoms. The highest BCUT2D eigenvalue weighted by Gasteiger charge is 2.10. The van der Waals surface area contributed by atoms with Crippen LogP contribution in [-0.4, -0.2) is 22.6 Å². The van der Waals surface area contributed by atoms with Crippen molar-refractivity contribution in [3.63, 3.8) is 0 Å². The van der Waals surface area contributed by atoms with Gasteiger partial charge in [0.25, 0.3) is 0 Å². The van der Waals surface area contributed by atoms with Crippen molar-refractivity contribution in [1.29, 1.82) is 0 Å². The maximum Gasteiger partial charge on any atom is 0.214 e. The molecule has 0 radical (unpaired) electrons. The van der Waals surface area contributed by atoms with E-state index in [2.05, 4.69) is 20.6 Å². The summed E-state index contributed by atoms with van der Waals surface area (Å²) in [6.45, 7) is 0.949. The van der Waals surface area contributed by atoms with E-state index >= 15 is 0 Å². The van der Waals surface area contributed by atoms with Crippen molar-refractivity contribution < 1.29 is 4.42 Å². The molecule has 0 aliphatic carbocycles. The smallest absolute Gasteiger partial charge is 0.214 e. The number of hydrogen-bond acceptors (Lipinski definition) is 3. The summed E-state index contributed by atoms with van der Waals surface area (Å²) >= 11 is 12.1. The van der Waals surface area contributed by atoms with Crippen molar-refractivity contribution in [2.45, 2.75) is 13.1 Å². The third-order valence-electron chi connectivity index (χ3n) is 3.90. The van der Waals surface area contributed by atoms with Crippen LogP contribution in [0.1, 0.15) is 11.6 Å². The van der Waals surface area contributed by atoms with Crippen molar-refractivity contribution in [3.8, 4) is 11.3 Å². The Labute approximate surface area is 161 Å². The molecule has 0 aliphatic heterocycles. The Kier molecular flexibility index (Phi) is 5.85. The SMILES string of the molecule is CN=C(NCc1ncc(-c2ccccc2)o1)NCc1cc(Cl)c(Cl)n1C. The predicted octanol–water partition coefficient (Wildman–Crippen LogP) is 3.85. The van der Waals surface area contributed by atoms with E-state index in [1.54, 1.807) is 13.2 Å². The molecule has 2 heterocycles. The summed E-state index contributed by atoms with van der Waals surface area (Å²) < 4.78 is 7.59. The quantitative estimate of drug-likeness (QED) is 0.511. The van der Waals surface area contributed by atoms with Gasteiger partial charge in [-0.15, -0.1) is 0 Å². The van der Waals surface area contributed by atoms with E-state index in [9.17, 15) is 0 Å². The summed E-state index contributed by atoms with van der Waals surface area (Å²) in [6, 6.07) is 11.7. The Morgan fingerprint density at radius 2 is 1.92 bits per heavy atom. The van der Waals surface area contributed by atoms with Crippen molar-refractivity contribution in [1.82, 2.24) is 20.2 Å². The fourth-order valence-electron chi connectivity index (χ4n) is 2.44. The molecule has 0 atom stereocenters. The van der Waals surface area contributed by atoms with E-state index in [0.29, 0.717) is 35.1 Å². The van der Waals surface area contributed by atoms with Crippen LogP contribution in [0.25, 0.3) is 11.3 Å². The standard InChI is InChI=1S/C18H19Cl2N5O/c1-21-18(23-9-13-8-14(19)17(20)25(13)2)24-11-16-22-10-15(26-16)12-6-4-3-5-7-12/h3-8,10H,9,11H2,1-2H3,(H2,21,23,24). The van der Waals surface area contributed by atoms with Crippen LogP contribution < -0.4 is 10.6 Å². The highest BCUT2D eigenvalue weighted by atomic mass is 35.5. The Balaban J connectivity index is 1.56. The number of oxazole rings is 1. The first-order chi connectivity index (χ1) is 12.6. The molecule has 0 unspecified atom stereocenters. The van der Waals surface area contributed by atoms with Crippen LogP contribution >= 0.6 is 23.2 Å². The van der Waals surface area contributed by atoms with Gasteiger partial charge in [0.1, 0.15) is 5.15 Å². The zero-order valence-electron chi connectivity index (χ0n) is 14.5. The lowest BCUT2D eigenvalue weighted by molar-refractivity contribution is 0.497. The lowest BCUT2D eigenvalue weighted by atomic mass is 10.2. The maximum atomic E-state index is 6.08. The van der Waals surface area contributed by atoms with Crippen LogP contribution in [0.15, 0.2) is 52.0 Å². The number of guanidine groups is 1. The Morgan fingerprint density at radius 1 is 1.19 bits per heavy atom. The highest BCUT2D eigenvalue weighted by Crippen LogP contribution is 2.25. The van der Waals surface area contributed by atoms with E-state index in [4.69, 9.17) is 27.6 Å². The zero-order valence-corrected chi connectivity index (χ0v) is 16.0. The highest BCUT2D eigenvalue weighted by molar-refractivity contribution is 6.41. The minimum Gasteiger partial charge on any atom is -0.439 e. The van der Waals surface area contributed by atoms with Gasteiger partial charge in [-0.2, -0.15) is 0 Å². The van der Waals surface area contributed by atoms with E-state index < -0.39 is 0 Å². The molecular weight excluding hydrogens is 373 g/mol. The number of halogens is 2. The number of aliphatic imine (C=N–C) groups is 1. The normalized spacial score (nSPS) is 11.6. The van der Waals surface area contributed by atoms with Crippen LogP contribution in [0.3, 0.4) is 0 Å². The summed E-state index contributed by atoms with van der Waals surface area (Å²) in [4.78, 5) is 8.49. The van der Waals surface area contributed by atoms with Gasteiger partial charge in [0, 0.05) is 25.4 Å². The summed E-state index contributed by atoms with van der Waals surface area (Å²) in [7, 11) is 3.56. The minimum atomic E-state index is 0.418. The van der Waals surface area contributed by atoms with Gasteiger partial charge in [-0.05, 0) is 6.07 Å². The topological polar surface area (TPSA) is 67.4 Å². The summed E-state index contributed by atoms with van der Waals surface area (Å²) in [5, 5.41) is 7.42. The average Bonchev–Trinajstić information content (AvgIpc) is 3.23. The van der Waals surface area contributed by atoms with E-state index in [1.165, 1.54) is 0 Å². The van der Waals surface area contributed by atoms with E-state index in [-0.39, 0.29) is 0 Å². The molecule has 0 fully saturated rings. The fourth-order valence-corrected chi connectivity index (χ4v) is 2.86. The monoisotopic (exact) mass is 391 g/mol. The van der Waals surface area contributed by atoms with Gasteiger partial charge in [0.15, 0.2) is 11.7 Å². The van der Waals surface area contributed by atoms with Crippen molar-refractivity contribution in [2.75, 3.05) is 7.05 Å². The first-order valence-corrected chi connectivity index (χ1v) is 8.78. The molecule has 3 aromatic rings. The Hall–Kier alpha value is -2.44. The van der Waals surface area contributed by atoms with Gasteiger partial charge in [-0.1, -0.05) is 53.5 Å². The Bertz CT molecular complexity index is 902. The molecule has 3 rings (SSSR count). The van der Waals surface area contributed by atoms with Gasteiger partial charge in [-0.25, -0.2) is 4.98 Å².